The Kier molecular flexibility index (Phi) is 5.06. The van der Waals surface area contributed by atoms with Crippen molar-refractivity contribution in [3.05, 3.63) is 51.9 Å². The summed E-state index contributed by atoms with van der Waals surface area (Å²) in [6.45, 7) is 2.82. The molecule has 0 aliphatic carbocycles. The number of ether oxygens (including phenoxy) is 1. The first-order valence-corrected chi connectivity index (χ1v) is 6.78. The van der Waals surface area contributed by atoms with Crippen molar-refractivity contribution in [2.24, 2.45) is 0 Å². The molecule has 1 aromatic heterocycles. The summed E-state index contributed by atoms with van der Waals surface area (Å²) in [5.41, 5.74) is 0.548. The monoisotopic (exact) mass is 313 g/mol. The predicted octanol–water partition coefficient (Wildman–Crippen LogP) is 4.38. The molecule has 2 rings (SSSR count). The minimum atomic E-state index is -0.355. The van der Waals surface area contributed by atoms with Crippen molar-refractivity contribution in [2.75, 3.05) is 11.9 Å². The maximum Gasteiger partial charge on any atom is 0.291 e. The summed E-state index contributed by atoms with van der Waals surface area (Å²) in [5, 5.41) is 3.49. The van der Waals surface area contributed by atoms with Crippen LogP contribution < -0.4 is 5.32 Å². The van der Waals surface area contributed by atoms with Crippen LogP contribution in [0.4, 0.5) is 5.69 Å². The van der Waals surface area contributed by atoms with E-state index in [4.69, 9.17) is 32.4 Å². The Labute approximate surface area is 126 Å². The molecule has 0 spiro atoms. The summed E-state index contributed by atoms with van der Waals surface area (Å²) in [6.07, 6.45) is 0. The Morgan fingerprint density at radius 2 is 2.05 bits per heavy atom. The van der Waals surface area contributed by atoms with E-state index < -0.39 is 0 Å². The molecule has 1 N–H and O–H groups in total. The molecule has 20 heavy (non-hydrogen) atoms. The maximum atomic E-state index is 12.0. The largest absolute Gasteiger partial charge is 0.453 e. The van der Waals surface area contributed by atoms with Crippen LogP contribution in [0, 0.1) is 0 Å². The van der Waals surface area contributed by atoms with E-state index in [1.807, 2.05) is 6.92 Å². The molecule has 1 amide bonds. The highest BCUT2D eigenvalue weighted by Gasteiger charge is 2.12. The molecule has 106 valence electrons. The van der Waals surface area contributed by atoms with Gasteiger partial charge in [-0.05, 0) is 37.3 Å². The molecular weight excluding hydrogens is 301 g/mol. The van der Waals surface area contributed by atoms with Gasteiger partial charge in [0.25, 0.3) is 5.91 Å². The molecule has 1 aromatic carbocycles. The van der Waals surface area contributed by atoms with E-state index in [2.05, 4.69) is 5.32 Å². The molecule has 2 aromatic rings. The third-order valence-corrected chi connectivity index (χ3v) is 3.25. The fourth-order valence-corrected chi connectivity index (χ4v) is 1.84. The van der Waals surface area contributed by atoms with Crippen LogP contribution in [-0.4, -0.2) is 12.5 Å². The third kappa shape index (κ3) is 3.76. The summed E-state index contributed by atoms with van der Waals surface area (Å²) in [7, 11) is 0. The number of hydrogen-bond donors (Lipinski definition) is 1. The van der Waals surface area contributed by atoms with E-state index in [0.29, 0.717) is 34.7 Å². The maximum absolute atomic E-state index is 12.0. The number of carbonyl (C=O) groups is 1. The van der Waals surface area contributed by atoms with E-state index >= 15 is 0 Å². The average Bonchev–Trinajstić information content (AvgIpc) is 2.89. The smallest absolute Gasteiger partial charge is 0.291 e. The van der Waals surface area contributed by atoms with Gasteiger partial charge in [-0.3, -0.25) is 4.79 Å². The molecule has 0 fully saturated rings. The number of carbonyl (C=O) groups excluding carboxylic acids is 1. The number of hydrogen-bond acceptors (Lipinski definition) is 3. The zero-order chi connectivity index (χ0) is 14.5. The molecule has 0 unspecified atom stereocenters. The SMILES string of the molecule is CCOCc1ccc(C(=O)Nc2ccc(Cl)c(Cl)c2)o1. The first-order valence-electron chi connectivity index (χ1n) is 6.03. The van der Waals surface area contributed by atoms with Crippen molar-refractivity contribution in [2.45, 2.75) is 13.5 Å². The van der Waals surface area contributed by atoms with Crippen molar-refractivity contribution in [3.8, 4) is 0 Å². The highest BCUT2D eigenvalue weighted by Crippen LogP contribution is 2.25. The summed E-state index contributed by atoms with van der Waals surface area (Å²) in [4.78, 5) is 12.0. The lowest BCUT2D eigenvalue weighted by atomic mass is 10.3. The van der Waals surface area contributed by atoms with E-state index in [-0.39, 0.29) is 11.7 Å². The van der Waals surface area contributed by atoms with Crippen LogP contribution in [0.3, 0.4) is 0 Å². The van der Waals surface area contributed by atoms with Crippen LogP contribution in [0.15, 0.2) is 34.7 Å². The zero-order valence-electron chi connectivity index (χ0n) is 10.8. The van der Waals surface area contributed by atoms with Crippen LogP contribution in [0.1, 0.15) is 23.2 Å². The second kappa shape index (κ2) is 6.79. The van der Waals surface area contributed by atoms with Gasteiger partial charge in [-0.2, -0.15) is 0 Å². The summed E-state index contributed by atoms with van der Waals surface area (Å²) < 4.78 is 10.6. The van der Waals surface area contributed by atoms with Gasteiger partial charge in [0.05, 0.1) is 10.0 Å². The number of halogens is 2. The summed E-state index contributed by atoms with van der Waals surface area (Å²) >= 11 is 11.7. The lowest BCUT2D eigenvalue weighted by Gasteiger charge is -2.04. The van der Waals surface area contributed by atoms with Crippen LogP contribution in [0.2, 0.25) is 10.0 Å². The van der Waals surface area contributed by atoms with Gasteiger partial charge in [-0.1, -0.05) is 23.2 Å². The third-order valence-electron chi connectivity index (χ3n) is 2.51. The Hall–Kier alpha value is -1.49. The zero-order valence-corrected chi connectivity index (χ0v) is 12.3. The normalized spacial score (nSPS) is 10.6. The molecule has 0 radical (unpaired) electrons. The van der Waals surface area contributed by atoms with Gasteiger partial charge in [0.15, 0.2) is 5.76 Å². The van der Waals surface area contributed by atoms with E-state index in [0.717, 1.165) is 0 Å². The first-order chi connectivity index (χ1) is 9.60. The summed E-state index contributed by atoms with van der Waals surface area (Å²) in [5.74, 6) is 0.461. The first kappa shape index (κ1) is 14.9. The molecule has 0 atom stereocenters. The molecule has 0 aliphatic heterocycles. The van der Waals surface area contributed by atoms with Crippen molar-refractivity contribution >= 4 is 34.8 Å². The Morgan fingerprint density at radius 3 is 2.75 bits per heavy atom. The number of furan rings is 1. The molecular formula is C14H13Cl2NO3. The van der Waals surface area contributed by atoms with Gasteiger partial charge in [-0.15, -0.1) is 0 Å². The van der Waals surface area contributed by atoms with Crippen LogP contribution in [0.5, 0.6) is 0 Å². The van der Waals surface area contributed by atoms with Crippen molar-refractivity contribution in [3.63, 3.8) is 0 Å². The van der Waals surface area contributed by atoms with Crippen LogP contribution in [0.25, 0.3) is 0 Å². The van der Waals surface area contributed by atoms with Crippen molar-refractivity contribution in [1.29, 1.82) is 0 Å². The van der Waals surface area contributed by atoms with Crippen LogP contribution >= 0.6 is 23.2 Å². The predicted molar refractivity (Wildman–Crippen MR) is 78.5 cm³/mol. The quantitative estimate of drug-likeness (QED) is 0.891. The van der Waals surface area contributed by atoms with E-state index in [1.54, 1.807) is 30.3 Å². The molecule has 1 heterocycles. The van der Waals surface area contributed by atoms with Crippen molar-refractivity contribution in [1.82, 2.24) is 0 Å². The standard InChI is InChI=1S/C14H13Cl2NO3/c1-2-19-8-10-4-6-13(20-10)14(18)17-9-3-5-11(15)12(16)7-9/h3-7H,2,8H2,1H3,(H,17,18). The second-order valence-electron chi connectivity index (χ2n) is 3.99. The van der Waals surface area contributed by atoms with Gasteiger partial charge < -0.3 is 14.5 Å². The number of amides is 1. The highest BCUT2D eigenvalue weighted by atomic mass is 35.5. The topological polar surface area (TPSA) is 51.5 Å². The van der Waals surface area contributed by atoms with E-state index in [9.17, 15) is 4.79 Å². The summed E-state index contributed by atoms with van der Waals surface area (Å²) in [6, 6.07) is 8.16. The van der Waals surface area contributed by atoms with Gasteiger partial charge in [-0.25, -0.2) is 0 Å². The number of rotatable bonds is 5. The fraction of sp³-hybridized carbons (Fsp3) is 0.214. The molecule has 4 nitrogen and oxygen atoms in total. The second-order valence-corrected chi connectivity index (χ2v) is 4.80. The Balaban J connectivity index is 2.03. The number of nitrogens with one attached hydrogen (secondary N) is 1. The molecule has 0 saturated heterocycles. The van der Waals surface area contributed by atoms with Crippen LogP contribution in [-0.2, 0) is 11.3 Å². The minimum absolute atomic E-state index is 0.214. The lowest BCUT2D eigenvalue weighted by Crippen LogP contribution is -2.10. The van der Waals surface area contributed by atoms with Gasteiger partial charge >= 0.3 is 0 Å². The number of benzene rings is 1. The molecule has 6 heteroatoms. The van der Waals surface area contributed by atoms with Gasteiger partial charge in [0.2, 0.25) is 0 Å². The molecule has 0 bridgehead atoms. The van der Waals surface area contributed by atoms with Gasteiger partial charge in [0, 0.05) is 12.3 Å². The van der Waals surface area contributed by atoms with Crippen molar-refractivity contribution < 1.29 is 13.9 Å². The minimum Gasteiger partial charge on any atom is -0.453 e. The molecule has 0 saturated carbocycles. The molecule has 0 aliphatic rings. The lowest BCUT2D eigenvalue weighted by molar-refractivity contribution is 0.0972. The fourth-order valence-electron chi connectivity index (χ4n) is 1.55. The Morgan fingerprint density at radius 1 is 1.25 bits per heavy atom. The number of anilines is 1. The highest BCUT2D eigenvalue weighted by molar-refractivity contribution is 6.42. The average molecular weight is 314 g/mol. The Bertz CT molecular complexity index is 610. The van der Waals surface area contributed by atoms with E-state index in [1.165, 1.54) is 0 Å². The van der Waals surface area contributed by atoms with Gasteiger partial charge in [0.1, 0.15) is 12.4 Å².